The molecule has 0 amide bonds. The molecule has 17 heavy (non-hydrogen) atoms. The second-order valence-electron chi connectivity index (χ2n) is 3.41. The number of aromatic carboxylic acids is 1. The molecule has 2 aromatic rings. The Hall–Kier alpha value is -2.41. The summed E-state index contributed by atoms with van der Waals surface area (Å²) in [4.78, 5) is 27.5. The van der Waals surface area contributed by atoms with Gasteiger partial charge >= 0.3 is 11.9 Å². The van der Waals surface area contributed by atoms with E-state index in [1.165, 1.54) is 18.2 Å². The van der Waals surface area contributed by atoms with Gasteiger partial charge in [0.25, 0.3) is 0 Å². The molecule has 7 heteroatoms. The fraction of sp³-hybridized carbons (Fsp3) is 0.100. The largest absolute Gasteiger partial charge is 0.479 e. The minimum Gasteiger partial charge on any atom is -0.479 e. The number of fused-ring (bicyclic) bond motifs is 1. The van der Waals surface area contributed by atoms with Crippen LogP contribution in [0.4, 0.5) is 0 Å². The van der Waals surface area contributed by atoms with Crippen molar-refractivity contribution >= 4 is 23.0 Å². The SMILES string of the molecule is O=C(O)c1nc2ccc(C(O)C(=O)O)cc2[nH]1. The number of hydrogen-bond acceptors (Lipinski definition) is 4. The van der Waals surface area contributed by atoms with Gasteiger partial charge in [0.15, 0.2) is 6.10 Å². The van der Waals surface area contributed by atoms with Crippen molar-refractivity contribution in [1.29, 1.82) is 0 Å². The number of imidazole rings is 1. The number of aliphatic hydroxyl groups excluding tert-OH is 1. The highest BCUT2D eigenvalue weighted by molar-refractivity contribution is 5.89. The summed E-state index contributed by atoms with van der Waals surface area (Å²) in [5.41, 5.74) is 0.912. The normalized spacial score (nSPS) is 12.5. The van der Waals surface area contributed by atoms with Crippen LogP contribution in [-0.2, 0) is 4.79 Å². The summed E-state index contributed by atoms with van der Waals surface area (Å²) >= 11 is 0. The highest BCUT2D eigenvalue weighted by atomic mass is 16.4. The van der Waals surface area contributed by atoms with Gasteiger partial charge in [-0.3, -0.25) is 0 Å². The molecule has 1 atom stereocenters. The van der Waals surface area contributed by atoms with E-state index in [0.29, 0.717) is 11.0 Å². The van der Waals surface area contributed by atoms with Crippen LogP contribution in [0.3, 0.4) is 0 Å². The second-order valence-corrected chi connectivity index (χ2v) is 3.41. The maximum Gasteiger partial charge on any atom is 0.371 e. The number of rotatable bonds is 3. The molecule has 0 radical (unpaired) electrons. The monoisotopic (exact) mass is 236 g/mol. The van der Waals surface area contributed by atoms with Crippen molar-refractivity contribution in [1.82, 2.24) is 9.97 Å². The van der Waals surface area contributed by atoms with Crippen LogP contribution in [0.1, 0.15) is 22.3 Å². The predicted octanol–water partition coefficient (Wildman–Crippen LogP) is 0.379. The lowest BCUT2D eigenvalue weighted by Gasteiger charge is -2.04. The smallest absolute Gasteiger partial charge is 0.371 e. The number of nitrogens with zero attached hydrogens (tertiary/aromatic N) is 1. The van der Waals surface area contributed by atoms with Gasteiger partial charge in [-0.1, -0.05) is 6.07 Å². The number of aliphatic hydroxyl groups is 1. The van der Waals surface area contributed by atoms with Crippen LogP contribution in [0.5, 0.6) is 0 Å². The molecular weight excluding hydrogens is 228 g/mol. The zero-order chi connectivity index (χ0) is 12.6. The quantitative estimate of drug-likeness (QED) is 0.610. The topological polar surface area (TPSA) is 124 Å². The van der Waals surface area contributed by atoms with Crippen molar-refractivity contribution in [2.45, 2.75) is 6.10 Å². The van der Waals surface area contributed by atoms with E-state index < -0.39 is 18.0 Å². The summed E-state index contributed by atoms with van der Waals surface area (Å²) in [6, 6.07) is 4.18. The zero-order valence-electron chi connectivity index (χ0n) is 8.41. The molecule has 1 aromatic carbocycles. The molecule has 0 saturated carbocycles. The number of aromatic amines is 1. The molecule has 1 aromatic heterocycles. The Morgan fingerprint density at radius 2 is 2.00 bits per heavy atom. The van der Waals surface area contributed by atoms with E-state index >= 15 is 0 Å². The maximum absolute atomic E-state index is 10.7. The summed E-state index contributed by atoms with van der Waals surface area (Å²) in [5.74, 6) is -2.81. The molecule has 7 nitrogen and oxygen atoms in total. The molecule has 0 spiro atoms. The van der Waals surface area contributed by atoms with Gasteiger partial charge in [0, 0.05) is 0 Å². The predicted molar refractivity (Wildman–Crippen MR) is 55.6 cm³/mol. The summed E-state index contributed by atoms with van der Waals surface area (Å²) in [5, 5.41) is 26.7. The lowest BCUT2D eigenvalue weighted by molar-refractivity contribution is -0.146. The van der Waals surface area contributed by atoms with Crippen LogP contribution in [0.2, 0.25) is 0 Å². The number of benzene rings is 1. The van der Waals surface area contributed by atoms with Gasteiger partial charge in [-0.2, -0.15) is 0 Å². The number of hydrogen-bond donors (Lipinski definition) is 4. The Morgan fingerprint density at radius 1 is 1.29 bits per heavy atom. The van der Waals surface area contributed by atoms with Crippen molar-refractivity contribution < 1.29 is 24.9 Å². The number of aliphatic carboxylic acids is 1. The van der Waals surface area contributed by atoms with Crippen molar-refractivity contribution in [3.63, 3.8) is 0 Å². The molecule has 0 aliphatic heterocycles. The fourth-order valence-electron chi connectivity index (χ4n) is 1.44. The van der Waals surface area contributed by atoms with Crippen molar-refractivity contribution in [2.24, 2.45) is 0 Å². The van der Waals surface area contributed by atoms with Crippen LogP contribution >= 0.6 is 0 Å². The Morgan fingerprint density at radius 3 is 2.59 bits per heavy atom. The Labute approximate surface area is 94.3 Å². The third-order valence-electron chi connectivity index (χ3n) is 2.26. The summed E-state index contributed by atoms with van der Waals surface area (Å²) in [7, 11) is 0. The molecule has 0 saturated heterocycles. The molecule has 1 heterocycles. The average Bonchev–Trinajstić information content (AvgIpc) is 2.70. The highest BCUT2D eigenvalue weighted by Gasteiger charge is 2.17. The van der Waals surface area contributed by atoms with Crippen molar-refractivity contribution in [3.05, 3.63) is 29.6 Å². The molecule has 4 N–H and O–H groups in total. The maximum atomic E-state index is 10.7. The first-order valence-corrected chi connectivity index (χ1v) is 4.63. The van der Waals surface area contributed by atoms with Gasteiger partial charge in [-0.05, 0) is 17.7 Å². The van der Waals surface area contributed by atoms with Crippen molar-refractivity contribution in [2.75, 3.05) is 0 Å². The number of H-pyrrole nitrogens is 1. The number of carboxylic acids is 2. The second kappa shape index (κ2) is 3.87. The molecule has 2 rings (SSSR count). The highest BCUT2D eigenvalue weighted by Crippen LogP contribution is 2.19. The molecule has 88 valence electrons. The van der Waals surface area contributed by atoms with E-state index in [0.717, 1.165) is 0 Å². The van der Waals surface area contributed by atoms with E-state index in [9.17, 15) is 14.7 Å². The van der Waals surface area contributed by atoms with E-state index in [1.54, 1.807) is 0 Å². The molecule has 0 aliphatic rings. The Kier molecular flexibility index (Phi) is 2.52. The first kappa shape index (κ1) is 11.1. The van der Waals surface area contributed by atoms with Gasteiger partial charge in [0.2, 0.25) is 5.82 Å². The molecule has 0 aliphatic carbocycles. The van der Waals surface area contributed by atoms with Crippen LogP contribution in [-0.4, -0.2) is 37.2 Å². The van der Waals surface area contributed by atoms with E-state index in [-0.39, 0.29) is 11.4 Å². The summed E-state index contributed by atoms with van der Waals surface area (Å²) < 4.78 is 0. The van der Waals surface area contributed by atoms with Crippen molar-refractivity contribution in [3.8, 4) is 0 Å². The Bertz CT molecular complexity index is 604. The minimum atomic E-state index is -1.64. The minimum absolute atomic E-state index is 0.158. The van der Waals surface area contributed by atoms with Gasteiger partial charge in [-0.25, -0.2) is 14.6 Å². The number of aromatic nitrogens is 2. The van der Waals surface area contributed by atoms with E-state index in [4.69, 9.17) is 10.2 Å². The molecule has 0 fully saturated rings. The zero-order valence-corrected chi connectivity index (χ0v) is 8.41. The van der Waals surface area contributed by atoms with Crippen LogP contribution in [0.25, 0.3) is 11.0 Å². The lowest BCUT2D eigenvalue weighted by Crippen LogP contribution is -2.10. The standard InChI is InChI=1S/C10H8N2O5/c13-7(9(14)15)4-1-2-5-6(3-4)12-8(11-5)10(16)17/h1-3,7,13H,(H,11,12)(H,14,15)(H,16,17). The summed E-state index contributed by atoms with van der Waals surface area (Å²) in [6.07, 6.45) is -1.64. The summed E-state index contributed by atoms with van der Waals surface area (Å²) in [6.45, 7) is 0. The lowest BCUT2D eigenvalue weighted by atomic mass is 10.1. The Balaban J connectivity index is 2.50. The fourth-order valence-corrected chi connectivity index (χ4v) is 1.44. The van der Waals surface area contributed by atoms with Gasteiger partial charge in [-0.15, -0.1) is 0 Å². The molecule has 0 bridgehead atoms. The average molecular weight is 236 g/mol. The van der Waals surface area contributed by atoms with E-state index in [2.05, 4.69) is 9.97 Å². The van der Waals surface area contributed by atoms with Crippen LogP contribution in [0, 0.1) is 0 Å². The molecule has 1 unspecified atom stereocenters. The van der Waals surface area contributed by atoms with Gasteiger partial charge < -0.3 is 20.3 Å². The van der Waals surface area contributed by atoms with Gasteiger partial charge in [0.1, 0.15) is 0 Å². The van der Waals surface area contributed by atoms with Crippen LogP contribution < -0.4 is 0 Å². The van der Waals surface area contributed by atoms with Gasteiger partial charge in [0.05, 0.1) is 11.0 Å². The number of carboxylic acid groups (broad SMARTS) is 2. The third kappa shape index (κ3) is 1.95. The molecular formula is C10H8N2O5. The van der Waals surface area contributed by atoms with Crippen LogP contribution in [0.15, 0.2) is 18.2 Å². The third-order valence-corrected chi connectivity index (χ3v) is 2.26. The first-order valence-electron chi connectivity index (χ1n) is 4.63. The number of nitrogens with one attached hydrogen (secondary N) is 1. The first-order chi connectivity index (χ1) is 7.99. The van der Waals surface area contributed by atoms with E-state index in [1.807, 2.05) is 0 Å². The number of carbonyl (C=O) groups is 2.